The Morgan fingerprint density at radius 3 is 2.83 bits per heavy atom. The van der Waals surface area contributed by atoms with Crippen molar-refractivity contribution < 1.29 is 0 Å². The van der Waals surface area contributed by atoms with E-state index >= 15 is 0 Å². The highest BCUT2D eigenvalue weighted by atomic mass is 15.1. The molecule has 1 aromatic carbocycles. The van der Waals surface area contributed by atoms with Gasteiger partial charge in [0.1, 0.15) is 5.82 Å². The number of benzene rings is 1. The average molecular weight is 305 g/mol. The molecule has 0 saturated heterocycles. The van der Waals surface area contributed by atoms with Gasteiger partial charge < -0.3 is 0 Å². The third kappa shape index (κ3) is 2.45. The van der Waals surface area contributed by atoms with Crippen LogP contribution in [0.3, 0.4) is 0 Å². The van der Waals surface area contributed by atoms with Crippen LogP contribution < -0.4 is 0 Å². The molecule has 0 amide bonds. The zero-order chi connectivity index (χ0) is 15.8. The minimum Gasteiger partial charge on any atom is -0.299 e. The summed E-state index contributed by atoms with van der Waals surface area (Å²) >= 11 is 0. The molecule has 0 bridgehead atoms. The fourth-order valence-corrected chi connectivity index (χ4v) is 3.78. The number of fused-ring (bicyclic) bond motifs is 3. The van der Waals surface area contributed by atoms with E-state index in [-0.39, 0.29) is 0 Å². The molecule has 3 aromatic rings. The van der Waals surface area contributed by atoms with Crippen molar-refractivity contribution >= 4 is 16.4 Å². The van der Waals surface area contributed by atoms with Gasteiger partial charge in [-0.25, -0.2) is 4.98 Å². The first kappa shape index (κ1) is 14.5. The molecule has 0 fully saturated rings. The lowest BCUT2D eigenvalue weighted by atomic mass is 10.1. The van der Waals surface area contributed by atoms with Gasteiger partial charge in [0.15, 0.2) is 0 Å². The number of aromatic nitrogens is 2. The first-order valence-electron chi connectivity index (χ1n) is 8.47. The van der Waals surface area contributed by atoms with E-state index in [9.17, 15) is 0 Å². The van der Waals surface area contributed by atoms with Crippen molar-refractivity contribution in [1.82, 2.24) is 14.3 Å². The molecular weight excluding hydrogens is 282 g/mol. The highest BCUT2D eigenvalue weighted by molar-refractivity contribution is 5.93. The summed E-state index contributed by atoms with van der Waals surface area (Å²) in [6.07, 6.45) is 8.86. The van der Waals surface area contributed by atoms with Gasteiger partial charge >= 0.3 is 0 Å². The van der Waals surface area contributed by atoms with E-state index in [4.69, 9.17) is 0 Å². The van der Waals surface area contributed by atoms with E-state index in [1.54, 1.807) is 0 Å². The van der Waals surface area contributed by atoms with Crippen LogP contribution in [0.25, 0.3) is 16.4 Å². The number of nitrogens with zero attached hydrogens (tertiary/aromatic N) is 3. The Labute approximate surface area is 137 Å². The number of hydrogen-bond acceptors (Lipinski definition) is 2. The molecule has 3 heterocycles. The van der Waals surface area contributed by atoms with Crippen molar-refractivity contribution in [3.63, 3.8) is 0 Å². The Kier molecular flexibility index (Phi) is 3.66. The van der Waals surface area contributed by atoms with Gasteiger partial charge in [0.2, 0.25) is 0 Å². The Hall–Kier alpha value is -2.13. The number of rotatable bonds is 3. The third-order valence-corrected chi connectivity index (χ3v) is 4.94. The minimum atomic E-state index is 1.06. The molecule has 0 spiro atoms. The fraction of sp³-hybridized carbons (Fsp3) is 0.350. The molecule has 0 aliphatic carbocycles. The lowest BCUT2D eigenvalue weighted by molar-refractivity contribution is 0.303. The zero-order valence-corrected chi connectivity index (χ0v) is 13.9. The Morgan fingerprint density at radius 1 is 1.13 bits per heavy atom. The zero-order valence-electron chi connectivity index (χ0n) is 13.9. The number of para-hydroxylation sites is 1. The third-order valence-electron chi connectivity index (χ3n) is 4.94. The normalized spacial score (nSPS) is 15.7. The highest BCUT2D eigenvalue weighted by Gasteiger charge is 2.16. The predicted octanol–water partition coefficient (Wildman–Crippen LogP) is 3.91. The lowest BCUT2D eigenvalue weighted by Gasteiger charge is -2.22. The first-order chi connectivity index (χ1) is 11.3. The monoisotopic (exact) mass is 305 g/mol. The van der Waals surface area contributed by atoms with Crippen molar-refractivity contribution in [3.8, 4) is 0 Å². The average Bonchev–Trinajstić information content (AvgIpc) is 2.93. The first-order valence-corrected chi connectivity index (χ1v) is 8.47. The summed E-state index contributed by atoms with van der Waals surface area (Å²) in [5.41, 5.74) is 5.37. The second-order valence-electron chi connectivity index (χ2n) is 6.48. The van der Waals surface area contributed by atoms with E-state index in [0.29, 0.717) is 0 Å². The molecule has 0 saturated carbocycles. The number of hydrogen-bond donors (Lipinski definition) is 0. The van der Waals surface area contributed by atoms with Crippen LogP contribution in [0, 0.1) is 13.8 Å². The molecular formula is C20H23N3. The van der Waals surface area contributed by atoms with Gasteiger partial charge in [-0.3, -0.25) is 9.30 Å². The summed E-state index contributed by atoms with van der Waals surface area (Å²) < 4.78 is 2.33. The van der Waals surface area contributed by atoms with Crippen LogP contribution in [0.15, 0.2) is 42.6 Å². The molecule has 1 aliphatic heterocycles. The van der Waals surface area contributed by atoms with Gasteiger partial charge in [-0.1, -0.05) is 30.4 Å². The Morgan fingerprint density at radius 2 is 2.00 bits per heavy atom. The summed E-state index contributed by atoms with van der Waals surface area (Å²) in [4.78, 5) is 7.11. The Bertz CT molecular complexity index is 889. The predicted molar refractivity (Wildman–Crippen MR) is 96.1 cm³/mol. The van der Waals surface area contributed by atoms with Gasteiger partial charge in [0, 0.05) is 31.2 Å². The van der Waals surface area contributed by atoms with Crippen LogP contribution in [-0.4, -0.2) is 33.9 Å². The SMILES string of the molecule is Cc1cnc(C)n2c1c(CCN1CC=CCC1)c1ccccc12. The maximum Gasteiger partial charge on any atom is 0.110 e. The van der Waals surface area contributed by atoms with Crippen LogP contribution in [0.1, 0.15) is 23.4 Å². The fourth-order valence-electron chi connectivity index (χ4n) is 3.78. The quantitative estimate of drug-likeness (QED) is 0.684. The van der Waals surface area contributed by atoms with Crippen molar-refractivity contribution in [1.29, 1.82) is 0 Å². The van der Waals surface area contributed by atoms with Crippen LogP contribution >= 0.6 is 0 Å². The van der Waals surface area contributed by atoms with Gasteiger partial charge in [-0.2, -0.15) is 0 Å². The molecule has 0 unspecified atom stereocenters. The maximum atomic E-state index is 4.56. The topological polar surface area (TPSA) is 20.5 Å². The van der Waals surface area contributed by atoms with Gasteiger partial charge in [-0.05, 0) is 43.9 Å². The molecule has 2 aromatic heterocycles. The van der Waals surface area contributed by atoms with E-state index in [0.717, 1.165) is 25.3 Å². The molecule has 0 N–H and O–H groups in total. The number of aryl methyl sites for hydroxylation is 2. The molecule has 3 nitrogen and oxygen atoms in total. The summed E-state index contributed by atoms with van der Waals surface area (Å²) in [5.74, 6) is 1.06. The van der Waals surface area contributed by atoms with Crippen molar-refractivity contribution in [2.24, 2.45) is 0 Å². The summed E-state index contributed by atoms with van der Waals surface area (Å²) in [6.45, 7) is 7.66. The smallest absolute Gasteiger partial charge is 0.110 e. The lowest BCUT2D eigenvalue weighted by Crippen LogP contribution is -2.29. The molecule has 4 rings (SSSR count). The van der Waals surface area contributed by atoms with Crippen LogP contribution in [0.4, 0.5) is 0 Å². The molecule has 3 heteroatoms. The van der Waals surface area contributed by atoms with E-state index < -0.39 is 0 Å². The van der Waals surface area contributed by atoms with Crippen molar-refractivity contribution in [2.45, 2.75) is 26.7 Å². The van der Waals surface area contributed by atoms with Crippen molar-refractivity contribution in [2.75, 3.05) is 19.6 Å². The molecule has 23 heavy (non-hydrogen) atoms. The second-order valence-corrected chi connectivity index (χ2v) is 6.48. The highest BCUT2D eigenvalue weighted by Crippen LogP contribution is 2.30. The molecule has 1 aliphatic rings. The van der Waals surface area contributed by atoms with Crippen LogP contribution in [0.5, 0.6) is 0 Å². The van der Waals surface area contributed by atoms with E-state index in [1.807, 2.05) is 6.20 Å². The van der Waals surface area contributed by atoms with Crippen LogP contribution in [0.2, 0.25) is 0 Å². The largest absolute Gasteiger partial charge is 0.299 e. The van der Waals surface area contributed by atoms with E-state index in [1.165, 1.54) is 40.5 Å². The maximum absolute atomic E-state index is 4.56. The summed E-state index contributed by atoms with van der Waals surface area (Å²) in [6, 6.07) is 8.74. The standard InChI is InChI=1S/C20H23N3/c1-15-14-21-16(2)23-19-9-5-4-8-17(19)18(20(15)23)10-13-22-11-6-3-7-12-22/h3-6,8-9,14H,7,10-13H2,1-2H3. The van der Waals surface area contributed by atoms with Gasteiger partial charge in [-0.15, -0.1) is 0 Å². The molecule has 0 atom stereocenters. The van der Waals surface area contributed by atoms with Crippen LogP contribution in [-0.2, 0) is 6.42 Å². The second kappa shape index (κ2) is 5.82. The Balaban J connectivity index is 1.83. The van der Waals surface area contributed by atoms with E-state index in [2.05, 4.69) is 64.5 Å². The molecule has 118 valence electrons. The van der Waals surface area contributed by atoms with Gasteiger partial charge in [0.05, 0.1) is 11.0 Å². The van der Waals surface area contributed by atoms with Gasteiger partial charge in [0.25, 0.3) is 0 Å². The summed E-state index contributed by atoms with van der Waals surface area (Å²) in [7, 11) is 0. The summed E-state index contributed by atoms with van der Waals surface area (Å²) in [5, 5.41) is 1.37. The molecule has 0 radical (unpaired) electrons. The van der Waals surface area contributed by atoms with Crippen molar-refractivity contribution in [3.05, 3.63) is 59.6 Å². The minimum absolute atomic E-state index is 1.06.